The predicted molar refractivity (Wildman–Crippen MR) is 151 cm³/mol. The van der Waals surface area contributed by atoms with Crippen molar-refractivity contribution >= 4 is 40.0 Å². The lowest BCUT2D eigenvalue weighted by atomic mass is 10.1. The maximum atomic E-state index is 13.0. The standard InChI is InChI=1S/C28H34N4O4S2/c1-5-16-32-25(19(4)36-21-14-11-10-12-18(21)3)30-31-28(32)37-17-23(33)29-26-24(27(34)35-6-2)20-13-8-7-9-15-22(20)38-26/h5,10-12,14,19H,1,6-9,13,15-17H2,2-4H3,(H,29,33). The molecule has 1 amide bonds. The third-order valence-electron chi connectivity index (χ3n) is 6.30. The average Bonchev–Trinajstić information content (AvgIpc) is 3.37. The first kappa shape index (κ1) is 27.9. The monoisotopic (exact) mass is 554 g/mol. The van der Waals surface area contributed by atoms with Crippen LogP contribution in [0.15, 0.2) is 42.1 Å². The molecule has 1 N–H and O–H groups in total. The highest BCUT2D eigenvalue weighted by atomic mass is 32.2. The number of aryl methyl sites for hydroxylation is 2. The molecule has 4 rings (SSSR count). The quantitative estimate of drug-likeness (QED) is 0.131. The van der Waals surface area contributed by atoms with E-state index < -0.39 is 0 Å². The number of nitrogens with one attached hydrogen (secondary N) is 1. The lowest BCUT2D eigenvalue weighted by Crippen LogP contribution is -2.17. The molecule has 0 saturated carbocycles. The molecule has 0 fully saturated rings. The number of fused-ring (bicyclic) bond motifs is 1. The van der Waals surface area contributed by atoms with Gasteiger partial charge in [0, 0.05) is 11.4 Å². The maximum Gasteiger partial charge on any atom is 0.341 e. The van der Waals surface area contributed by atoms with Crippen LogP contribution >= 0.6 is 23.1 Å². The Hall–Kier alpha value is -3.11. The summed E-state index contributed by atoms with van der Waals surface area (Å²) in [7, 11) is 0. The molecule has 0 saturated heterocycles. The van der Waals surface area contributed by atoms with E-state index in [-0.39, 0.29) is 23.7 Å². The highest BCUT2D eigenvalue weighted by Crippen LogP contribution is 2.38. The van der Waals surface area contributed by atoms with E-state index in [1.165, 1.54) is 28.0 Å². The molecule has 1 aliphatic rings. The van der Waals surface area contributed by atoms with Gasteiger partial charge in [-0.1, -0.05) is 42.5 Å². The van der Waals surface area contributed by atoms with Gasteiger partial charge in [0.25, 0.3) is 0 Å². The second-order valence-corrected chi connectivity index (χ2v) is 11.1. The number of carbonyl (C=O) groups excluding carboxylic acids is 2. The number of aromatic nitrogens is 3. The van der Waals surface area contributed by atoms with Crippen LogP contribution < -0.4 is 10.1 Å². The molecule has 0 spiro atoms. The van der Waals surface area contributed by atoms with E-state index in [2.05, 4.69) is 22.1 Å². The van der Waals surface area contributed by atoms with E-state index >= 15 is 0 Å². The fraction of sp³-hybridized carbons (Fsp3) is 0.429. The van der Waals surface area contributed by atoms with E-state index in [0.717, 1.165) is 49.0 Å². The molecular formula is C28H34N4O4S2. The molecule has 0 radical (unpaired) electrons. The Morgan fingerprint density at radius 1 is 1.24 bits per heavy atom. The number of anilines is 1. The Morgan fingerprint density at radius 3 is 2.79 bits per heavy atom. The molecule has 3 aromatic rings. The minimum atomic E-state index is -0.368. The number of ether oxygens (including phenoxy) is 2. The van der Waals surface area contributed by atoms with Crippen LogP contribution in [0.3, 0.4) is 0 Å². The van der Waals surface area contributed by atoms with Gasteiger partial charge in [0.05, 0.1) is 17.9 Å². The summed E-state index contributed by atoms with van der Waals surface area (Å²) >= 11 is 2.78. The molecule has 2 aromatic heterocycles. The molecule has 8 nitrogen and oxygen atoms in total. The van der Waals surface area contributed by atoms with E-state index in [0.29, 0.717) is 34.7 Å². The number of hydrogen-bond donors (Lipinski definition) is 1. The highest BCUT2D eigenvalue weighted by molar-refractivity contribution is 7.99. The van der Waals surface area contributed by atoms with Gasteiger partial charge in [-0.15, -0.1) is 28.1 Å². The Labute approximate surface area is 231 Å². The zero-order valence-electron chi connectivity index (χ0n) is 22.1. The van der Waals surface area contributed by atoms with Gasteiger partial charge in [0.15, 0.2) is 17.1 Å². The van der Waals surface area contributed by atoms with Crippen LogP contribution in [0.5, 0.6) is 5.75 Å². The summed E-state index contributed by atoms with van der Waals surface area (Å²) in [6.45, 7) is 10.3. The van der Waals surface area contributed by atoms with E-state index in [1.54, 1.807) is 13.0 Å². The summed E-state index contributed by atoms with van der Waals surface area (Å²) in [5.74, 6) is 0.979. The number of carbonyl (C=O) groups is 2. The van der Waals surface area contributed by atoms with Gasteiger partial charge in [-0.05, 0) is 63.6 Å². The summed E-state index contributed by atoms with van der Waals surface area (Å²) in [4.78, 5) is 27.0. The van der Waals surface area contributed by atoms with Crippen molar-refractivity contribution in [3.8, 4) is 5.75 Å². The zero-order valence-corrected chi connectivity index (χ0v) is 23.8. The molecule has 1 atom stereocenters. The SMILES string of the molecule is C=CCn1c(SCC(=O)Nc2sc3c(c2C(=O)OCC)CCCCC3)nnc1C(C)Oc1ccccc1C. The molecule has 1 aliphatic carbocycles. The number of thioether (sulfide) groups is 1. The Balaban J connectivity index is 1.47. The molecule has 2 heterocycles. The average molecular weight is 555 g/mol. The molecule has 38 heavy (non-hydrogen) atoms. The minimum Gasteiger partial charge on any atom is -0.482 e. The number of nitrogens with zero attached hydrogens (tertiary/aromatic N) is 3. The lowest BCUT2D eigenvalue weighted by Gasteiger charge is -2.17. The molecule has 0 aliphatic heterocycles. The Morgan fingerprint density at radius 2 is 2.03 bits per heavy atom. The second kappa shape index (κ2) is 13.1. The number of para-hydroxylation sites is 1. The fourth-order valence-corrected chi connectivity index (χ4v) is 6.53. The summed E-state index contributed by atoms with van der Waals surface area (Å²) < 4.78 is 13.4. The Kier molecular flexibility index (Phi) is 9.63. The van der Waals surface area contributed by atoms with Crippen molar-refractivity contribution in [1.29, 1.82) is 0 Å². The molecule has 10 heteroatoms. The predicted octanol–water partition coefficient (Wildman–Crippen LogP) is 6.15. The minimum absolute atomic E-state index is 0.118. The van der Waals surface area contributed by atoms with Crippen molar-refractivity contribution in [2.45, 2.75) is 70.7 Å². The Bertz CT molecular complexity index is 1300. The molecule has 1 unspecified atom stereocenters. The van der Waals surface area contributed by atoms with Crippen LogP contribution in [0.4, 0.5) is 5.00 Å². The molecule has 202 valence electrons. The number of rotatable bonds is 11. The second-order valence-electron chi connectivity index (χ2n) is 9.09. The van der Waals surface area contributed by atoms with Gasteiger partial charge in [-0.25, -0.2) is 4.79 Å². The summed E-state index contributed by atoms with van der Waals surface area (Å²) in [6, 6.07) is 7.82. The molecular weight excluding hydrogens is 520 g/mol. The van der Waals surface area contributed by atoms with Crippen LogP contribution in [0, 0.1) is 6.92 Å². The number of amides is 1. The number of allylic oxidation sites excluding steroid dienone is 1. The van der Waals surface area contributed by atoms with Gasteiger partial charge in [0.2, 0.25) is 5.91 Å². The van der Waals surface area contributed by atoms with Crippen molar-refractivity contribution in [2.24, 2.45) is 0 Å². The van der Waals surface area contributed by atoms with Gasteiger partial charge < -0.3 is 14.8 Å². The number of thiophene rings is 1. The number of hydrogen-bond acceptors (Lipinski definition) is 8. The van der Waals surface area contributed by atoms with Crippen molar-refractivity contribution in [2.75, 3.05) is 17.7 Å². The maximum absolute atomic E-state index is 13.0. The summed E-state index contributed by atoms with van der Waals surface area (Å²) in [6.07, 6.45) is 6.44. The van der Waals surface area contributed by atoms with Crippen LogP contribution in [-0.2, 0) is 28.9 Å². The fourth-order valence-electron chi connectivity index (χ4n) is 4.48. The first-order valence-corrected chi connectivity index (χ1v) is 14.7. The number of benzene rings is 1. The van der Waals surface area contributed by atoms with Crippen LogP contribution in [0.25, 0.3) is 0 Å². The topological polar surface area (TPSA) is 95.3 Å². The number of esters is 1. The smallest absolute Gasteiger partial charge is 0.341 e. The molecule has 1 aromatic carbocycles. The van der Waals surface area contributed by atoms with Gasteiger partial charge >= 0.3 is 5.97 Å². The van der Waals surface area contributed by atoms with Gasteiger partial charge in [-0.3, -0.25) is 9.36 Å². The van der Waals surface area contributed by atoms with Gasteiger partial charge in [-0.2, -0.15) is 0 Å². The zero-order chi connectivity index (χ0) is 27.1. The van der Waals surface area contributed by atoms with E-state index in [1.807, 2.05) is 42.7 Å². The summed E-state index contributed by atoms with van der Waals surface area (Å²) in [5, 5.41) is 12.8. The third-order valence-corrected chi connectivity index (χ3v) is 8.48. The van der Waals surface area contributed by atoms with Crippen LogP contribution in [-0.4, -0.2) is 39.0 Å². The van der Waals surface area contributed by atoms with Crippen molar-refractivity contribution in [3.63, 3.8) is 0 Å². The van der Waals surface area contributed by atoms with Crippen LogP contribution in [0.2, 0.25) is 0 Å². The molecule has 0 bridgehead atoms. The summed E-state index contributed by atoms with van der Waals surface area (Å²) in [5.41, 5.74) is 2.59. The largest absolute Gasteiger partial charge is 0.482 e. The third kappa shape index (κ3) is 6.47. The first-order chi connectivity index (χ1) is 18.4. The van der Waals surface area contributed by atoms with Crippen LogP contribution in [0.1, 0.15) is 71.4 Å². The van der Waals surface area contributed by atoms with Crippen molar-refractivity contribution in [3.05, 3.63) is 64.3 Å². The normalized spacial score (nSPS) is 13.8. The first-order valence-electron chi connectivity index (χ1n) is 12.9. The van der Waals surface area contributed by atoms with E-state index in [9.17, 15) is 9.59 Å². The van der Waals surface area contributed by atoms with Crippen molar-refractivity contribution in [1.82, 2.24) is 14.8 Å². The lowest BCUT2D eigenvalue weighted by molar-refractivity contribution is -0.113. The van der Waals surface area contributed by atoms with Crippen molar-refractivity contribution < 1.29 is 19.1 Å². The highest BCUT2D eigenvalue weighted by Gasteiger charge is 2.27. The van der Waals surface area contributed by atoms with Gasteiger partial charge in [0.1, 0.15) is 10.8 Å². The van der Waals surface area contributed by atoms with E-state index in [4.69, 9.17) is 9.47 Å².